The second-order valence-electron chi connectivity index (χ2n) is 10.4. The lowest BCUT2D eigenvalue weighted by Gasteiger charge is -2.49. The number of fused-ring (bicyclic) bond motifs is 3. The number of amides is 4. The third-order valence-electron chi connectivity index (χ3n) is 8.25. The van der Waals surface area contributed by atoms with Gasteiger partial charge in [-0.1, -0.05) is 12.1 Å². The first-order valence-electron chi connectivity index (χ1n) is 12.8. The molecule has 4 amide bonds. The first-order valence-corrected chi connectivity index (χ1v) is 12.8. The third kappa shape index (κ3) is 4.20. The SMILES string of the molecule is CC1CCCCN1C(=O)CN1CCN(C(=O)CN2C(=O)c3ccccc3N3C(=O)CCC23C)CC1. The van der Waals surface area contributed by atoms with Crippen LogP contribution in [0.4, 0.5) is 5.69 Å². The first kappa shape index (κ1) is 23.8. The molecule has 4 aliphatic rings. The molecule has 0 aromatic heterocycles. The van der Waals surface area contributed by atoms with Gasteiger partial charge >= 0.3 is 0 Å². The predicted octanol–water partition coefficient (Wildman–Crippen LogP) is 1.53. The molecule has 4 aliphatic heterocycles. The van der Waals surface area contributed by atoms with Crippen molar-refractivity contribution in [2.24, 2.45) is 0 Å². The summed E-state index contributed by atoms with van der Waals surface area (Å²) in [5.74, 6) is -0.171. The molecule has 9 heteroatoms. The molecular weight excluding hydrogens is 446 g/mol. The molecule has 0 spiro atoms. The maximum Gasteiger partial charge on any atom is 0.258 e. The molecule has 2 atom stereocenters. The van der Waals surface area contributed by atoms with E-state index in [4.69, 9.17) is 0 Å². The minimum Gasteiger partial charge on any atom is -0.339 e. The zero-order valence-corrected chi connectivity index (χ0v) is 20.7. The molecule has 1 aromatic rings. The van der Waals surface area contributed by atoms with E-state index >= 15 is 0 Å². The Morgan fingerprint density at radius 1 is 0.971 bits per heavy atom. The van der Waals surface area contributed by atoms with Gasteiger partial charge in [-0.2, -0.15) is 0 Å². The Bertz CT molecular complexity index is 1040. The van der Waals surface area contributed by atoms with Crippen LogP contribution in [0.25, 0.3) is 0 Å². The number of piperazine rings is 1. The zero-order valence-electron chi connectivity index (χ0n) is 20.7. The van der Waals surface area contributed by atoms with Crippen LogP contribution in [-0.4, -0.2) is 101 Å². The Hall–Kier alpha value is -2.94. The second-order valence-corrected chi connectivity index (χ2v) is 10.4. The Morgan fingerprint density at radius 3 is 2.46 bits per heavy atom. The molecule has 1 aromatic carbocycles. The second kappa shape index (κ2) is 9.26. The molecule has 0 aliphatic carbocycles. The van der Waals surface area contributed by atoms with Crippen molar-refractivity contribution < 1.29 is 19.2 Å². The van der Waals surface area contributed by atoms with E-state index in [-0.39, 0.29) is 30.2 Å². The van der Waals surface area contributed by atoms with E-state index in [0.717, 1.165) is 19.4 Å². The van der Waals surface area contributed by atoms with E-state index in [1.165, 1.54) is 6.42 Å². The van der Waals surface area contributed by atoms with E-state index in [1.54, 1.807) is 32.9 Å². The van der Waals surface area contributed by atoms with Crippen LogP contribution >= 0.6 is 0 Å². The van der Waals surface area contributed by atoms with Gasteiger partial charge in [-0.15, -0.1) is 0 Å². The molecule has 0 bridgehead atoms. The van der Waals surface area contributed by atoms with Crippen LogP contribution in [0, 0.1) is 0 Å². The number of likely N-dealkylation sites (tertiary alicyclic amines) is 1. The van der Waals surface area contributed by atoms with E-state index in [1.807, 2.05) is 17.9 Å². The van der Waals surface area contributed by atoms with Gasteiger partial charge in [0.25, 0.3) is 5.91 Å². The van der Waals surface area contributed by atoms with Crippen molar-refractivity contribution >= 4 is 29.3 Å². The van der Waals surface area contributed by atoms with Crippen LogP contribution in [0.2, 0.25) is 0 Å². The van der Waals surface area contributed by atoms with Crippen molar-refractivity contribution in [3.8, 4) is 0 Å². The lowest BCUT2D eigenvalue weighted by molar-refractivity contribution is -0.138. The lowest BCUT2D eigenvalue weighted by atomic mass is 9.98. The molecule has 2 unspecified atom stereocenters. The topological polar surface area (TPSA) is 84.5 Å². The zero-order chi connectivity index (χ0) is 24.7. The molecular formula is C26H35N5O4. The summed E-state index contributed by atoms with van der Waals surface area (Å²) in [6, 6.07) is 7.44. The number of hydrogen-bond donors (Lipinski definition) is 0. The monoisotopic (exact) mass is 481 g/mol. The summed E-state index contributed by atoms with van der Waals surface area (Å²) in [5.41, 5.74) is 0.258. The predicted molar refractivity (Wildman–Crippen MR) is 131 cm³/mol. The van der Waals surface area contributed by atoms with Crippen LogP contribution in [0.3, 0.4) is 0 Å². The lowest BCUT2D eigenvalue weighted by Crippen LogP contribution is -2.64. The van der Waals surface area contributed by atoms with Crippen molar-refractivity contribution in [1.82, 2.24) is 19.6 Å². The number of hydrogen-bond acceptors (Lipinski definition) is 5. The van der Waals surface area contributed by atoms with Crippen LogP contribution < -0.4 is 4.90 Å². The molecule has 5 rings (SSSR count). The summed E-state index contributed by atoms with van der Waals surface area (Å²) in [4.78, 5) is 61.4. The van der Waals surface area contributed by atoms with Gasteiger partial charge in [0.05, 0.1) is 17.8 Å². The number of piperidine rings is 1. The van der Waals surface area contributed by atoms with Gasteiger partial charge < -0.3 is 14.7 Å². The van der Waals surface area contributed by atoms with Crippen LogP contribution in [-0.2, 0) is 14.4 Å². The van der Waals surface area contributed by atoms with E-state index in [0.29, 0.717) is 62.9 Å². The normalized spacial score (nSPS) is 27.2. The molecule has 4 heterocycles. The highest BCUT2D eigenvalue weighted by atomic mass is 16.2. The van der Waals surface area contributed by atoms with Gasteiger partial charge in [0.1, 0.15) is 12.2 Å². The largest absolute Gasteiger partial charge is 0.339 e. The van der Waals surface area contributed by atoms with Crippen LogP contribution in [0.1, 0.15) is 56.3 Å². The minimum atomic E-state index is -0.836. The van der Waals surface area contributed by atoms with Gasteiger partial charge in [-0.3, -0.25) is 29.0 Å². The maximum atomic E-state index is 13.4. The van der Waals surface area contributed by atoms with Crippen molar-refractivity contribution in [3.63, 3.8) is 0 Å². The summed E-state index contributed by atoms with van der Waals surface area (Å²) < 4.78 is 0. The molecule has 0 N–H and O–H groups in total. The first-order chi connectivity index (χ1) is 16.8. The molecule has 35 heavy (non-hydrogen) atoms. The standard InChI is InChI=1S/C26H35N5O4/c1-19-7-5-6-12-29(19)24(34)17-27-13-15-28(16-14-27)23(33)18-30-25(35)20-8-3-4-9-21(20)31-22(32)10-11-26(30,31)2/h3-4,8-9,19H,5-7,10-18H2,1-2H3. The average molecular weight is 482 g/mol. The van der Waals surface area contributed by atoms with Gasteiger partial charge in [0.2, 0.25) is 17.7 Å². The van der Waals surface area contributed by atoms with Crippen molar-refractivity contribution in [3.05, 3.63) is 29.8 Å². The fourth-order valence-corrected chi connectivity index (χ4v) is 6.08. The molecule has 0 radical (unpaired) electrons. The summed E-state index contributed by atoms with van der Waals surface area (Å²) in [6.07, 6.45) is 4.17. The van der Waals surface area contributed by atoms with Crippen LogP contribution in [0.15, 0.2) is 24.3 Å². The maximum absolute atomic E-state index is 13.4. The van der Waals surface area contributed by atoms with Crippen LogP contribution in [0.5, 0.6) is 0 Å². The van der Waals surface area contributed by atoms with Crippen molar-refractivity contribution in [1.29, 1.82) is 0 Å². The Balaban J connectivity index is 1.22. The Kier molecular flexibility index (Phi) is 6.29. The highest BCUT2D eigenvalue weighted by Gasteiger charge is 2.53. The Labute approximate surface area is 206 Å². The number of benzene rings is 1. The van der Waals surface area contributed by atoms with Gasteiger partial charge in [0, 0.05) is 45.2 Å². The quantitative estimate of drug-likeness (QED) is 0.651. The third-order valence-corrected chi connectivity index (χ3v) is 8.25. The average Bonchev–Trinajstić information content (AvgIpc) is 3.17. The summed E-state index contributed by atoms with van der Waals surface area (Å²) in [6.45, 7) is 7.50. The molecule has 3 fully saturated rings. The number of para-hydroxylation sites is 1. The Morgan fingerprint density at radius 2 is 1.71 bits per heavy atom. The summed E-state index contributed by atoms with van der Waals surface area (Å²) >= 11 is 0. The molecule has 3 saturated heterocycles. The van der Waals surface area contributed by atoms with Gasteiger partial charge in [-0.05, 0) is 51.7 Å². The molecule has 0 saturated carbocycles. The minimum absolute atomic E-state index is 0.0220. The number of carbonyl (C=O) groups excluding carboxylic acids is 4. The number of rotatable bonds is 4. The van der Waals surface area contributed by atoms with Gasteiger partial charge in [0.15, 0.2) is 0 Å². The van der Waals surface area contributed by atoms with E-state index < -0.39 is 5.66 Å². The van der Waals surface area contributed by atoms with Gasteiger partial charge in [-0.25, -0.2) is 0 Å². The number of carbonyl (C=O) groups is 4. The number of nitrogens with zero attached hydrogens (tertiary/aromatic N) is 5. The smallest absolute Gasteiger partial charge is 0.258 e. The molecule has 188 valence electrons. The highest BCUT2D eigenvalue weighted by molar-refractivity contribution is 6.11. The van der Waals surface area contributed by atoms with Crippen molar-refractivity contribution in [2.75, 3.05) is 50.7 Å². The van der Waals surface area contributed by atoms with Crippen molar-refractivity contribution in [2.45, 2.75) is 57.7 Å². The highest BCUT2D eigenvalue weighted by Crippen LogP contribution is 2.43. The number of anilines is 1. The van der Waals surface area contributed by atoms with E-state index in [9.17, 15) is 19.2 Å². The fourth-order valence-electron chi connectivity index (χ4n) is 6.08. The molecule has 9 nitrogen and oxygen atoms in total. The summed E-state index contributed by atoms with van der Waals surface area (Å²) in [5, 5.41) is 0. The van der Waals surface area contributed by atoms with E-state index in [2.05, 4.69) is 11.8 Å². The summed E-state index contributed by atoms with van der Waals surface area (Å²) in [7, 11) is 0. The fraction of sp³-hybridized carbons (Fsp3) is 0.615.